The molecule has 0 radical (unpaired) electrons. The van der Waals surface area contributed by atoms with E-state index in [1.54, 1.807) is 11.3 Å². The van der Waals surface area contributed by atoms with Crippen molar-refractivity contribution in [2.24, 2.45) is 11.8 Å². The van der Waals surface area contributed by atoms with E-state index < -0.39 is 5.60 Å². The summed E-state index contributed by atoms with van der Waals surface area (Å²) in [4.78, 5) is 1.10. The fourth-order valence-corrected chi connectivity index (χ4v) is 5.53. The molecule has 3 aliphatic rings. The van der Waals surface area contributed by atoms with Gasteiger partial charge in [0.05, 0.1) is 26.7 Å². The molecule has 2 nitrogen and oxygen atoms in total. The zero-order valence-corrected chi connectivity index (χ0v) is 16.5. The van der Waals surface area contributed by atoms with E-state index in [1.807, 2.05) is 18.2 Å². The summed E-state index contributed by atoms with van der Waals surface area (Å²) in [7, 11) is 2.36. The minimum atomic E-state index is -0.833. The van der Waals surface area contributed by atoms with E-state index in [0.29, 0.717) is 11.8 Å². The lowest BCUT2D eigenvalue weighted by atomic mass is 9.66. The van der Waals surface area contributed by atoms with Gasteiger partial charge in [0, 0.05) is 23.6 Å². The molecule has 0 saturated carbocycles. The van der Waals surface area contributed by atoms with Crippen LogP contribution in [0.1, 0.15) is 23.3 Å². The zero-order valence-electron chi connectivity index (χ0n) is 13.5. The van der Waals surface area contributed by atoms with Gasteiger partial charge in [-0.3, -0.25) is 0 Å². The normalized spacial score (nSPS) is 32.1. The first-order valence-electron chi connectivity index (χ1n) is 8.27. The van der Waals surface area contributed by atoms with E-state index in [0.717, 1.165) is 21.5 Å². The number of thiophene rings is 1. The van der Waals surface area contributed by atoms with Gasteiger partial charge in [0.2, 0.25) is 0 Å². The Morgan fingerprint density at radius 1 is 1.09 bits per heavy atom. The van der Waals surface area contributed by atoms with Crippen molar-refractivity contribution in [3.63, 3.8) is 0 Å². The first-order valence-corrected chi connectivity index (χ1v) is 9.15. The fourth-order valence-electron chi connectivity index (χ4n) is 4.62. The van der Waals surface area contributed by atoms with Gasteiger partial charge in [-0.2, -0.15) is 0 Å². The summed E-state index contributed by atoms with van der Waals surface area (Å²) in [6.45, 7) is 3.64. The second-order valence-corrected chi connectivity index (χ2v) is 8.25. The van der Waals surface area contributed by atoms with Crippen LogP contribution in [0.25, 0.3) is 0 Å². The Morgan fingerprint density at radius 2 is 1.78 bits per heavy atom. The van der Waals surface area contributed by atoms with Crippen LogP contribution < -0.4 is 24.0 Å². The molecule has 1 aromatic heterocycles. The van der Waals surface area contributed by atoms with Crippen molar-refractivity contribution in [2.75, 3.05) is 26.7 Å². The minimum absolute atomic E-state index is 0. The van der Waals surface area contributed by atoms with Gasteiger partial charge in [-0.25, -0.2) is 0 Å². The molecule has 2 atom stereocenters. The highest BCUT2D eigenvalue weighted by molar-refractivity contribution is 7.10. The number of piperidine rings is 3. The van der Waals surface area contributed by atoms with E-state index in [1.165, 1.54) is 25.9 Å². The van der Waals surface area contributed by atoms with Crippen molar-refractivity contribution >= 4 is 11.3 Å². The fraction of sp³-hybridized carbons (Fsp3) is 0.474. The van der Waals surface area contributed by atoms with Crippen LogP contribution in [-0.4, -0.2) is 36.3 Å². The second kappa shape index (κ2) is 6.47. The van der Waals surface area contributed by atoms with Crippen molar-refractivity contribution in [3.05, 3.63) is 58.3 Å². The first kappa shape index (κ1) is 17.4. The summed E-state index contributed by atoms with van der Waals surface area (Å²) < 4.78 is 1.13. The van der Waals surface area contributed by atoms with E-state index in [-0.39, 0.29) is 24.0 Å². The van der Waals surface area contributed by atoms with Gasteiger partial charge in [-0.05, 0) is 22.9 Å². The Balaban J connectivity index is 0.00000156. The van der Waals surface area contributed by atoms with Crippen molar-refractivity contribution in [2.45, 2.75) is 18.4 Å². The molecule has 4 heteroatoms. The molecule has 2 bridgehead atoms. The van der Waals surface area contributed by atoms with Crippen LogP contribution in [0.5, 0.6) is 0 Å². The second-order valence-electron chi connectivity index (χ2n) is 7.30. The number of rotatable bonds is 3. The third-order valence-electron chi connectivity index (χ3n) is 5.93. The summed E-state index contributed by atoms with van der Waals surface area (Å²) >= 11 is 1.69. The number of fused-ring (bicyclic) bond motifs is 3. The van der Waals surface area contributed by atoms with E-state index >= 15 is 0 Å². The largest absolute Gasteiger partial charge is 1.00 e. The third kappa shape index (κ3) is 2.88. The smallest absolute Gasteiger partial charge is 0.132 e. The van der Waals surface area contributed by atoms with Gasteiger partial charge in [-0.15, -0.1) is 11.3 Å². The Morgan fingerprint density at radius 3 is 2.35 bits per heavy atom. The summed E-state index contributed by atoms with van der Waals surface area (Å²) in [5.74, 6) is 0.966. The molecule has 5 rings (SSSR count). The van der Waals surface area contributed by atoms with Crippen molar-refractivity contribution in [3.8, 4) is 0 Å². The molecule has 1 aromatic carbocycles. The lowest BCUT2D eigenvalue weighted by molar-refractivity contribution is -0.930. The average molecular weight is 441 g/mol. The molecule has 4 heterocycles. The van der Waals surface area contributed by atoms with Crippen LogP contribution >= 0.6 is 11.3 Å². The molecule has 0 spiro atoms. The maximum absolute atomic E-state index is 11.9. The lowest BCUT2D eigenvalue weighted by Gasteiger charge is -2.54. The zero-order chi connectivity index (χ0) is 15.2. The van der Waals surface area contributed by atoms with Crippen LogP contribution in [0.3, 0.4) is 0 Å². The topological polar surface area (TPSA) is 20.2 Å². The van der Waals surface area contributed by atoms with E-state index in [2.05, 4.69) is 36.7 Å². The van der Waals surface area contributed by atoms with E-state index in [9.17, 15) is 5.11 Å². The first-order chi connectivity index (χ1) is 10.6. The molecule has 23 heavy (non-hydrogen) atoms. The third-order valence-corrected chi connectivity index (χ3v) is 6.93. The van der Waals surface area contributed by atoms with Crippen molar-refractivity contribution < 1.29 is 33.6 Å². The van der Waals surface area contributed by atoms with Crippen LogP contribution in [0.4, 0.5) is 0 Å². The molecule has 3 saturated heterocycles. The number of aliphatic hydroxyl groups is 1. The number of nitrogens with zero attached hydrogens (tertiary/aromatic N) is 1. The molecule has 2 unspecified atom stereocenters. The van der Waals surface area contributed by atoms with Gasteiger partial charge in [0.1, 0.15) is 5.60 Å². The average Bonchev–Trinajstić information content (AvgIpc) is 3.10. The molecule has 124 valence electrons. The number of benzene rings is 1. The Labute approximate surface area is 159 Å². The van der Waals surface area contributed by atoms with Gasteiger partial charge < -0.3 is 33.6 Å². The van der Waals surface area contributed by atoms with Crippen LogP contribution in [0.15, 0.2) is 47.8 Å². The minimum Gasteiger partial charge on any atom is -1.00 e. The molecule has 3 fully saturated rings. The summed E-state index contributed by atoms with van der Waals surface area (Å²) in [6.07, 6.45) is 2.50. The predicted molar refractivity (Wildman–Crippen MR) is 90.8 cm³/mol. The van der Waals surface area contributed by atoms with Gasteiger partial charge in [0.25, 0.3) is 0 Å². The van der Waals surface area contributed by atoms with Crippen LogP contribution in [-0.2, 0) is 5.60 Å². The lowest BCUT2D eigenvalue weighted by Crippen LogP contribution is -3.00. The highest BCUT2D eigenvalue weighted by atomic mass is 127. The Hall–Kier alpha value is -0.430. The maximum Gasteiger partial charge on any atom is 0.132 e. The maximum atomic E-state index is 11.9. The molecule has 3 aliphatic heterocycles. The highest BCUT2D eigenvalue weighted by Crippen LogP contribution is 2.49. The predicted octanol–water partition coefficient (Wildman–Crippen LogP) is 0.474. The van der Waals surface area contributed by atoms with Gasteiger partial charge in [0.15, 0.2) is 0 Å². The highest BCUT2D eigenvalue weighted by Gasteiger charge is 2.54. The molecular weight excluding hydrogens is 417 g/mol. The number of quaternary nitrogens is 1. The number of hydrogen-bond donors (Lipinski definition) is 1. The molecule has 1 N–H and O–H groups in total. The van der Waals surface area contributed by atoms with Crippen LogP contribution in [0, 0.1) is 11.8 Å². The molecular formula is C19H24INOS. The Kier molecular flexibility index (Phi) is 4.89. The molecule has 2 aromatic rings. The van der Waals surface area contributed by atoms with Crippen molar-refractivity contribution in [1.82, 2.24) is 0 Å². The molecule has 0 aliphatic carbocycles. The van der Waals surface area contributed by atoms with E-state index in [4.69, 9.17) is 0 Å². The van der Waals surface area contributed by atoms with Crippen LogP contribution in [0.2, 0.25) is 0 Å². The summed E-state index contributed by atoms with van der Waals surface area (Å²) in [6, 6.07) is 14.5. The van der Waals surface area contributed by atoms with Gasteiger partial charge in [-0.1, -0.05) is 36.4 Å². The summed E-state index contributed by atoms with van der Waals surface area (Å²) in [5, 5.41) is 14.0. The standard InChI is InChI=1S/C19H24NOS.HI/c1-20-11-9-15(10-12-20)17(14-20)19(21,18-8-5-13-22-18)16-6-3-2-4-7-16;/h2-8,13,15,17,21H,9-12,14H2,1H3;1H/q+1;/p-1. The van der Waals surface area contributed by atoms with Crippen molar-refractivity contribution in [1.29, 1.82) is 0 Å². The number of hydrogen-bond acceptors (Lipinski definition) is 2. The SMILES string of the molecule is C[N+]12CCC(CC1)C(C(O)(c1ccccc1)c1cccs1)C2.[I-]. The quantitative estimate of drug-likeness (QED) is 0.543. The molecule has 0 amide bonds. The number of halogens is 1. The Bertz CT molecular complexity index is 637. The summed E-state index contributed by atoms with van der Waals surface area (Å²) in [5.41, 5.74) is 0.225. The monoisotopic (exact) mass is 441 g/mol. The van der Waals surface area contributed by atoms with Gasteiger partial charge >= 0.3 is 0 Å².